The second kappa shape index (κ2) is 4.69. The summed E-state index contributed by atoms with van der Waals surface area (Å²) in [6.45, 7) is 5.94. The molecule has 0 rings (SSSR count). The van der Waals surface area contributed by atoms with Gasteiger partial charge in [0.05, 0.1) is 12.2 Å². The Hall–Kier alpha value is -0.0800. The zero-order valence-electron chi connectivity index (χ0n) is 7.29. The van der Waals surface area contributed by atoms with E-state index in [1.807, 2.05) is 0 Å². The van der Waals surface area contributed by atoms with Gasteiger partial charge >= 0.3 is 0 Å². The van der Waals surface area contributed by atoms with Crippen LogP contribution < -0.4 is 0 Å². The van der Waals surface area contributed by atoms with Crippen molar-refractivity contribution in [2.24, 2.45) is 5.92 Å². The number of rotatable bonds is 4. The molecule has 0 saturated carbocycles. The molecular weight excluding hydrogens is 128 g/mol. The topological polar surface area (TPSA) is 29.5 Å². The van der Waals surface area contributed by atoms with Crippen LogP contribution in [0.25, 0.3) is 0 Å². The quantitative estimate of drug-likeness (QED) is 0.650. The Bertz CT molecular complexity index is 81.3. The minimum absolute atomic E-state index is 0.00926. The highest BCUT2D eigenvalue weighted by atomic mass is 16.5. The van der Waals surface area contributed by atoms with Crippen LogP contribution in [-0.4, -0.2) is 24.4 Å². The largest absolute Gasteiger partial charge is 0.391 e. The van der Waals surface area contributed by atoms with Crippen molar-refractivity contribution >= 4 is 0 Å². The molecule has 0 unspecified atom stereocenters. The zero-order chi connectivity index (χ0) is 8.15. The van der Waals surface area contributed by atoms with Gasteiger partial charge in [0.1, 0.15) is 0 Å². The van der Waals surface area contributed by atoms with Crippen molar-refractivity contribution in [2.45, 2.75) is 39.4 Å². The summed E-state index contributed by atoms with van der Waals surface area (Å²) in [5, 5.41) is 9.19. The van der Waals surface area contributed by atoms with E-state index in [-0.39, 0.29) is 12.2 Å². The van der Waals surface area contributed by atoms with Crippen molar-refractivity contribution in [3.63, 3.8) is 0 Å². The predicted molar refractivity (Wildman–Crippen MR) is 41.9 cm³/mol. The minimum Gasteiger partial charge on any atom is -0.391 e. The van der Waals surface area contributed by atoms with Gasteiger partial charge in [-0.1, -0.05) is 20.3 Å². The van der Waals surface area contributed by atoms with Gasteiger partial charge in [0.2, 0.25) is 0 Å². The first kappa shape index (κ1) is 9.92. The lowest BCUT2D eigenvalue weighted by Gasteiger charge is -2.23. The lowest BCUT2D eigenvalue weighted by Crippen LogP contribution is -2.31. The molecule has 0 heterocycles. The van der Waals surface area contributed by atoms with Crippen molar-refractivity contribution in [1.82, 2.24) is 0 Å². The van der Waals surface area contributed by atoms with Gasteiger partial charge in [-0.25, -0.2) is 0 Å². The molecule has 0 spiro atoms. The van der Waals surface area contributed by atoms with E-state index in [4.69, 9.17) is 4.74 Å². The summed E-state index contributed by atoms with van der Waals surface area (Å²) in [6, 6.07) is 0. The van der Waals surface area contributed by atoms with Gasteiger partial charge < -0.3 is 9.84 Å². The maximum absolute atomic E-state index is 9.19. The molecule has 1 N–H and O–H groups in total. The van der Waals surface area contributed by atoms with Crippen molar-refractivity contribution in [2.75, 3.05) is 7.11 Å². The number of aliphatic hydroxyl groups is 1. The summed E-state index contributed by atoms with van der Waals surface area (Å²) in [5.74, 6) is 0.435. The van der Waals surface area contributed by atoms with E-state index in [1.54, 1.807) is 14.0 Å². The predicted octanol–water partition coefficient (Wildman–Crippen LogP) is 1.43. The standard InChI is InChI=1S/C8H18O2/c1-5-6(2)8(10-4)7(3)9/h6-9H,5H2,1-4H3/t6-,7+,8-/m0/s1. The zero-order valence-corrected chi connectivity index (χ0v) is 7.29. The third-order valence-corrected chi connectivity index (χ3v) is 1.95. The molecule has 0 radical (unpaired) electrons. The molecule has 0 aromatic rings. The molecular formula is C8H18O2. The fourth-order valence-electron chi connectivity index (χ4n) is 1.14. The van der Waals surface area contributed by atoms with E-state index in [2.05, 4.69) is 13.8 Å². The second-order valence-corrected chi connectivity index (χ2v) is 2.83. The SMILES string of the molecule is CC[C@H](C)[C@H](OC)[C@@H](C)O. The van der Waals surface area contributed by atoms with Gasteiger partial charge in [0.15, 0.2) is 0 Å². The molecule has 0 aliphatic carbocycles. The first-order valence-electron chi connectivity index (χ1n) is 3.84. The summed E-state index contributed by atoms with van der Waals surface area (Å²) < 4.78 is 5.11. The van der Waals surface area contributed by atoms with E-state index >= 15 is 0 Å². The normalized spacial score (nSPS) is 20.1. The average molecular weight is 146 g/mol. The van der Waals surface area contributed by atoms with Gasteiger partial charge in [-0.3, -0.25) is 0 Å². The van der Waals surface area contributed by atoms with Gasteiger partial charge in [0, 0.05) is 7.11 Å². The second-order valence-electron chi connectivity index (χ2n) is 2.83. The minimum atomic E-state index is -0.361. The van der Waals surface area contributed by atoms with Crippen LogP contribution in [0, 0.1) is 5.92 Å². The van der Waals surface area contributed by atoms with Crippen LogP contribution in [-0.2, 0) is 4.74 Å². The number of methoxy groups -OCH3 is 1. The molecule has 3 atom stereocenters. The van der Waals surface area contributed by atoms with E-state index in [0.717, 1.165) is 6.42 Å². The van der Waals surface area contributed by atoms with Crippen molar-refractivity contribution in [3.8, 4) is 0 Å². The lowest BCUT2D eigenvalue weighted by molar-refractivity contribution is -0.0337. The van der Waals surface area contributed by atoms with E-state index in [9.17, 15) is 5.11 Å². The summed E-state index contributed by atoms with van der Waals surface area (Å²) in [6.07, 6.45) is 0.675. The maximum Gasteiger partial charge on any atom is 0.0852 e. The molecule has 0 aliphatic heterocycles. The van der Waals surface area contributed by atoms with Crippen molar-refractivity contribution < 1.29 is 9.84 Å². The molecule has 0 aliphatic rings. The lowest BCUT2D eigenvalue weighted by atomic mass is 9.98. The molecule has 2 nitrogen and oxygen atoms in total. The summed E-state index contributed by atoms with van der Waals surface area (Å²) in [5.41, 5.74) is 0. The Morgan fingerprint density at radius 3 is 2.00 bits per heavy atom. The van der Waals surface area contributed by atoms with Crippen LogP contribution in [0.15, 0.2) is 0 Å². The van der Waals surface area contributed by atoms with Crippen LogP contribution in [0.4, 0.5) is 0 Å². The Balaban J connectivity index is 3.80. The van der Waals surface area contributed by atoms with E-state index in [1.165, 1.54) is 0 Å². The molecule has 62 valence electrons. The van der Waals surface area contributed by atoms with Crippen LogP contribution in [0.2, 0.25) is 0 Å². The smallest absolute Gasteiger partial charge is 0.0852 e. The van der Waals surface area contributed by atoms with Crippen molar-refractivity contribution in [1.29, 1.82) is 0 Å². The first-order chi connectivity index (χ1) is 4.63. The number of aliphatic hydroxyl groups excluding tert-OH is 1. The molecule has 0 saturated heterocycles. The van der Waals surface area contributed by atoms with Crippen LogP contribution in [0.1, 0.15) is 27.2 Å². The highest BCUT2D eigenvalue weighted by Gasteiger charge is 2.19. The van der Waals surface area contributed by atoms with E-state index < -0.39 is 0 Å². The Morgan fingerprint density at radius 1 is 1.40 bits per heavy atom. The van der Waals surface area contributed by atoms with Gasteiger partial charge in [-0.2, -0.15) is 0 Å². The Morgan fingerprint density at radius 2 is 1.90 bits per heavy atom. The average Bonchev–Trinajstić information content (AvgIpc) is 1.88. The van der Waals surface area contributed by atoms with Gasteiger partial charge in [-0.05, 0) is 12.8 Å². The third-order valence-electron chi connectivity index (χ3n) is 1.95. The highest BCUT2D eigenvalue weighted by molar-refractivity contribution is 4.69. The number of hydrogen-bond donors (Lipinski definition) is 1. The summed E-state index contributed by atoms with van der Waals surface area (Å²) in [4.78, 5) is 0. The number of hydrogen-bond acceptors (Lipinski definition) is 2. The van der Waals surface area contributed by atoms with Crippen molar-refractivity contribution in [3.05, 3.63) is 0 Å². The van der Waals surface area contributed by atoms with Gasteiger partial charge in [-0.15, -0.1) is 0 Å². The molecule has 0 fully saturated rings. The molecule has 0 aromatic heterocycles. The Kier molecular flexibility index (Phi) is 4.65. The van der Waals surface area contributed by atoms with Gasteiger partial charge in [0.25, 0.3) is 0 Å². The fourth-order valence-corrected chi connectivity index (χ4v) is 1.14. The molecule has 0 bridgehead atoms. The third kappa shape index (κ3) is 2.67. The van der Waals surface area contributed by atoms with E-state index in [0.29, 0.717) is 5.92 Å². The molecule has 0 aromatic carbocycles. The molecule has 10 heavy (non-hydrogen) atoms. The maximum atomic E-state index is 9.19. The summed E-state index contributed by atoms with van der Waals surface area (Å²) in [7, 11) is 1.64. The monoisotopic (exact) mass is 146 g/mol. The molecule has 0 amide bonds. The summed E-state index contributed by atoms with van der Waals surface area (Å²) >= 11 is 0. The van der Waals surface area contributed by atoms with Crippen LogP contribution >= 0.6 is 0 Å². The number of ether oxygens (including phenoxy) is 1. The first-order valence-corrected chi connectivity index (χ1v) is 3.84. The molecule has 2 heteroatoms. The van der Waals surface area contributed by atoms with Crippen LogP contribution in [0.3, 0.4) is 0 Å². The highest BCUT2D eigenvalue weighted by Crippen LogP contribution is 2.13. The fraction of sp³-hybridized carbons (Fsp3) is 1.00. The van der Waals surface area contributed by atoms with Crippen LogP contribution in [0.5, 0.6) is 0 Å². The Labute approximate surface area is 63.2 Å².